The average Bonchev–Trinajstić information content (AvgIpc) is 2.43. The number of rotatable bonds is 4. The molecule has 0 atom stereocenters. The zero-order valence-electron chi connectivity index (χ0n) is 10.6. The molecule has 0 aromatic heterocycles. The van der Waals surface area contributed by atoms with Gasteiger partial charge >= 0.3 is 0 Å². The van der Waals surface area contributed by atoms with E-state index < -0.39 is 4.92 Å². The summed E-state index contributed by atoms with van der Waals surface area (Å²) in [4.78, 5) is 10.1. The highest BCUT2D eigenvalue weighted by Crippen LogP contribution is 2.23. The number of nitro benzene ring substituents is 1. The quantitative estimate of drug-likeness (QED) is 0.669. The predicted octanol–water partition coefficient (Wildman–Crippen LogP) is 4.39. The highest BCUT2D eigenvalue weighted by Gasteiger charge is 2.10. The minimum Gasteiger partial charge on any atom is -0.380 e. The molecule has 5 nitrogen and oxygen atoms in total. The molecule has 0 aliphatic carbocycles. The Labute approximate surface area is 130 Å². The van der Waals surface area contributed by atoms with E-state index in [9.17, 15) is 10.1 Å². The summed E-state index contributed by atoms with van der Waals surface area (Å²) in [6.45, 7) is 0.396. The van der Waals surface area contributed by atoms with Gasteiger partial charge in [-0.1, -0.05) is 23.2 Å². The number of nitrogens with one attached hydrogen (secondary N) is 1. The molecule has 2 rings (SSSR count). The van der Waals surface area contributed by atoms with Gasteiger partial charge in [-0.05, 0) is 29.8 Å². The molecule has 0 bridgehead atoms. The molecule has 0 heterocycles. The monoisotopic (exact) mass is 321 g/mol. The molecule has 1 N–H and O–H groups in total. The number of benzene rings is 2. The normalized spacial score (nSPS) is 9.95. The van der Waals surface area contributed by atoms with E-state index in [1.165, 1.54) is 18.2 Å². The second kappa shape index (κ2) is 6.44. The lowest BCUT2D eigenvalue weighted by molar-refractivity contribution is -0.384. The van der Waals surface area contributed by atoms with Crippen LogP contribution in [0, 0.1) is 21.4 Å². The van der Waals surface area contributed by atoms with Gasteiger partial charge in [0.2, 0.25) is 0 Å². The first-order valence-electron chi connectivity index (χ1n) is 5.87. The van der Waals surface area contributed by atoms with Gasteiger partial charge in [-0.2, -0.15) is 5.26 Å². The van der Waals surface area contributed by atoms with Gasteiger partial charge in [-0.15, -0.1) is 0 Å². The van der Waals surface area contributed by atoms with Crippen molar-refractivity contribution in [2.75, 3.05) is 5.32 Å². The number of hydrogen-bond donors (Lipinski definition) is 1. The van der Waals surface area contributed by atoms with E-state index >= 15 is 0 Å². The molecule has 7 heteroatoms. The van der Waals surface area contributed by atoms with Crippen molar-refractivity contribution in [3.05, 3.63) is 67.7 Å². The molecule has 21 heavy (non-hydrogen) atoms. The minimum absolute atomic E-state index is 0.122. The van der Waals surface area contributed by atoms with Crippen LogP contribution in [0.25, 0.3) is 0 Å². The number of nitriles is 1. The van der Waals surface area contributed by atoms with Gasteiger partial charge in [0.15, 0.2) is 0 Å². The molecular weight excluding hydrogens is 313 g/mol. The molecule has 0 unspecified atom stereocenters. The fourth-order valence-electron chi connectivity index (χ4n) is 1.80. The molecule has 0 aliphatic heterocycles. The summed E-state index contributed by atoms with van der Waals surface area (Å²) in [5.74, 6) is 0. The Morgan fingerprint density at radius 2 is 1.86 bits per heavy atom. The smallest absolute Gasteiger partial charge is 0.270 e. The zero-order chi connectivity index (χ0) is 15.4. The SMILES string of the molecule is N#Cc1cc([N+](=O)[O-])ccc1NCc1cc(Cl)cc(Cl)c1. The molecule has 0 spiro atoms. The van der Waals surface area contributed by atoms with Crippen molar-refractivity contribution in [2.45, 2.75) is 6.54 Å². The fourth-order valence-corrected chi connectivity index (χ4v) is 2.37. The van der Waals surface area contributed by atoms with Crippen LogP contribution in [0.2, 0.25) is 10.0 Å². The standard InChI is InChI=1S/C14H9Cl2N3O2/c15-11-3-9(4-12(16)6-11)8-18-14-2-1-13(19(20)21)5-10(14)7-17/h1-6,18H,8H2. The van der Waals surface area contributed by atoms with E-state index in [1.54, 1.807) is 18.2 Å². The number of hydrogen-bond acceptors (Lipinski definition) is 4. The van der Waals surface area contributed by atoms with Crippen molar-refractivity contribution < 1.29 is 4.92 Å². The number of anilines is 1. The van der Waals surface area contributed by atoms with Crippen LogP contribution in [0.4, 0.5) is 11.4 Å². The molecular formula is C14H9Cl2N3O2. The third-order valence-corrected chi connectivity index (χ3v) is 3.18. The van der Waals surface area contributed by atoms with Crippen molar-refractivity contribution in [2.24, 2.45) is 0 Å². The topological polar surface area (TPSA) is 79.0 Å². The Morgan fingerprint density at radius 3 is 2.43 bits per heavy atom. The van der Waals surface area contributed by atoms with Crippen LogP contribution in [0.1, 0.15) is 11.1 Å². The summed E-state index contributed by atoms with van der Waals surface area (Å²) in [6, 6.07) is 11.1. The van der Waals surface area contributed by atoms with E-state index in [-0.39, 0.29) is 11.3 Å². The van der Waals surface area contributed by atoms with E-state index in [0.717, 1.165) is 5.56 Å². The second-order valence-corrected chi connectivity index (χ2v) is 5.10. The van der Waals surface area contributed by atoms with Crippen molar-refractivity contribution in [3.63, 3.8) is 0 Å². The Bertz CT molecular complexity index is 721. The first kappa shape index (κ1) is 15.1. The first-order chi connectivity index (χ1) is 9.99. The predicted molar refractivity (Wildman–Crippen MR) is 81.6 cm³/mol. The molecule has 0 saturated carbocycles. The lowest BCUT2D eigenvalue weighted by atomic mass is 10.1. The van der Waals surface area contributed by atoms with Crippen molar-refractivity contribution in [1.82, 2.24) is 0 Å². The maximum atomic E-state index is 10.7. The van der Waals surface area contributed by atoms with Gasteiger partial charge in [0.05, 0.1) is 16.2 Å². The maximum Gasteiger partial charge on any atom is 0.270 e. The molecule has 106 valence electrons. The molecule has 0 fully saturated rings. The Kier molecular flexibility index (Phi) is 4.63. The van der Waals surface area contributed by atoms with Crippen LogP contribution >= 0.6 is 23.2 Å². The van der Waals surface area contributed by atoms with Crippen molar-refractivity contribution >= 4 is 34.6 Å². The van der Waals surface area contributed by atoms with Gasteiger partial charge in [-0.25, -0.2) is 0 Å². The van der Waals surface area contributed by atoms with Gasteiger partial charge in [0, 0.05) is 28.7 Å². The Hall–Kier alpha value is -2.29. The van der Waals surface area contributed by atoms with Crippen molar-refractivity contribution in [1.29, 1.82) is 5.26 Å². The van der Waals surface area contributed by atoms with Crippen LogP contribution in [-0.4, -0.2) is 4.92 Å². The first-order valence-corrected chi connectivity index (χ1v) is 6.62. The number of nitro groups is 1. The van der Waals surface area contributed by atoms with Crippen LogP contribution in [0.15, 0.2) is 36.4 Å². The van der Waals surface area contributed by atoms with E-state index in [2.05, 4.69) is 5.32 Å². The Morgan fingerprint density at radius 1 is 1.19 bits per heavy atom. The number of nitrogens with zero attached hydrogens (tertiary/aromatic N) is 2. The van der Waals surface area contributed by atoms with E-state index in [0.29, 0.717) is 22.3 Å². The third kappa shape index (κ3) is 3.85. The molecule has 0 amide bonds. The van der Waals surface area contributed by atoms with E-state index in [4.69, 9.17) is 28.5 Å². The molecule has 2 aromatic carbocycles. The zero-order valence-corrected chi connectivity index (χ0v) is 12.1. The van der Waals surface area contributed by atoms with Crippen LogP contribution in [-0.2, 0) is 6.54 Å². The molecule has 0 radical (unpaired) electrons. The summed E-state index contributed by atoms with van der Waals surface area (Å²) in [7, 11) is 0. The van der Waals surface area contributed by atoms with Crippen molar-refractivity contribution in [3.8, 4) is 6.07 Å². The third-order valence-electron chi connectivity index (χ3n) is 2.74. The van der Waals surface area contributed by atoms with Gasteiger partial charge in [0.25, 0.3) is 5.69 Å². The molecule has 0 aliphatic rings. The summed E-state index contributed by atoms with van der Waals surface area (Å²) in [5.41, 5.74) is 1.44. The lowest BCUT2D eigenvalue weighted by Gasteiger charge is -2.09. The molecule has 2 aromatic rings. The molecule has 0 saturated heterocycles. The fraction of sp³-hybridized carbons (Fsp3) is 0.0714. The van der Waals surface area contributed by atoms with Crippen LogP contribution in [0.3, 0.4) is 0 Å². The highest BCUT2D eigenvalue weighted by molar-refractivity contribution is 6.34. The lowest BCUT2D eigenvalue weighted by Crippen LogP contribution is -2.02. The summed E-state index contributed by atoms with van der Waals surface area (Å²) in [5, 5.41) is 23.8. The highest BCUT2D eigenvalue weighted by atomic mass is 35.5. The van der Waals surface area contributed by atoms with E-state index in [1.807, 2.05) is 6.07 Å². The van der Waals surface area contributed by atoms with Gasteiger partial charge < -0.3 is 5.32 Å². The Balaban J connectivity index is 2.20. The minimum atomic E-state index is -0.540. The van der Waals surface area contributed by atoms with Crippen LogP contribution in [0.5, 0.6) is 0 Å². The van der Waals surface area contributed by atoms with Crippen LogP contribution < -0.4 is 5.32 Å². The summed E-state index contributed by atoms with van der Waals surface area (Å²) in [6.07, 6.45) is 0. The summed E-state index contributed by atoms with van der Waals surface area (Å²) >= 11 is 11.8. The second-order valence-electron chi connectivity index (χ2n) is 4.23. The van der Waals surface area contributed by atoms with Gasteiger partial charge in [0.1, 0.15) is 6.07 Å². The average molecular weight is 322 g/mol. The number of halogens is 2. The van der Waals surface area contributed by atoms with Gasteiger partial charge in [-0.3, -0.25) is 10.1 Å². The maximum absolute atomic E-state index is 10.7. The largest absolute Gasteiger partial charge is 0.380 e. The summed E-state index contributed by atoms with van der Waals surface area (Å²) < 4.78 is 0. The number of non-ortho nitro benzene ring substituents is 1.